The molecule has 1 atom stereocenters. The van der Waals surface area contributed by atoms with E-state index in [4.69, 9.17) is 0 Å². The number of allylic oxidation sites excluding steroid dienone is 5. The smallest absolute Gasteiger partial charge is 0.327 e. The zero-order chi connectivity index (χ0) is 25.8. The number of nitrogens with one attached hydrogen (secondary N) is 2. The first-order valence-corrected chi connectivity index (χ1v) is 13.1. The molecule has 6 nitrogen and oxygen atoms in total. The molecule has 0 fully saturated rings. The number of carboxylic acid groups (broad SMARTS) is 1. The highest BCUT2D eigenvalue weighted by Gasteiger charge is 2.20. The molecule has 190 valence electrons. The Hall–Kier alpha value is -2.93. The van der Waals surface area contributed by atoms with Gasteiger partial charge in [0.2, 0.25) is 5.91 Å². The van der Waals surface area contributed by atoms with Crippen LogP contribution < -0.4 is 5.32 Å². The minimum Gasteiger partial charge on any atom is -0.508 e. The quantitative estimate of drug-likeness (QED) is 0.185. The number of thioether (sulfide) groups is 1. The lowest BCUT2D eigenvalue weighted by atomic mass is 10.1. The molecule has 2 rings (SSSR count). The summed E-state index contributed by atoms with van der Waals surface area (Å²) >= 11 is 1.49. The number of carbonyl (C=O) groups is 2. The minimum atomic E-state index is -1.04. The SMILES string of the molecule is CC(C)=CCC/C(C)=C/CC/C(C)=C/CSC[C@H](NC(=O)Cc1c[nH]c2ccc(O)cc12)C(=O)O. The molecular formula is C28H38N2O4S. The summed E-state index contributed by atoms with van der Waals surface area (Å²) in [4.78, 5) is 27.2. The largest absolute Gasteiger partial charge is 0.508 e. The second kappa shape index (κ2) is 14.5. The van der Waals surface area contributed by atoms with Crippen LogP contribution in [-0.2, 0) is 16.0 Å². The lowest BCUT2D eigenvalue weighted by Crippen LogP contribution is -2.43. The summed E-state index contributed by atoms with van der Waals surface area (Å²) in [6.45, 7) is 8.52. The number of benzene rings is 1. The van der Waals surface area contributed by atoms with E-state index < -0.39 is 12.0 Å². The fraction of sp³-hybridized carbons (Fsp3) is 0.429. The Balaban J connectivity index is 1.76. The lowest BCUT2D eigenvalue weighted by molar-refractivity contribution is -0.141. The molecule has 1 aromatic heterocycles. The van der Waals surface area contributed by atoms with Gasteiger partial charge in [0.25, 0.3) is 0 Å². The molecule has 1 heterocycles. The third-order valence-corrected chi connectivity index (χ3v) is 6.66. The number of hydrogen-bond donors (Lipinski definition) is 4. The first-order valence-electron chi connectivity index (χ1n) is 12.0. The highest BCUT2D eigenvalue weighted by molar-refractivity contribution is 7.99. The first-order chi connectivity index (χ1) is 16.7. The first kappa shape index (κ1) is 28.3. The number of carbonyl (C=O) groups excluding carboxylic acids is 1. The zero-order valence-electron chi connectivity index (χ0n) is 21.2. The molecule has 0 aliphatic carbocycles. The number of phenols is 1. The van der Waals surface area contributed by atoms with Crippen LogP contribution in [0.2, 0.25) is 0 Å². The van der Waals surface area contributed by atoms with E-state index in [0.29, 0.717) is 17.1 Å². The predicted molar refractivity (Wildman–Crippen MR) is 146 cm³/mol. The van der Waals surface area contributed by atoms with Crippen LogP contribution in [0.5, 0.6) is 5.75 Å². The molecular weight excluding hydrogens is 460 g/mol. The molecule has 35 heavy (non-hydrogen) atoms. The van der Waals surface area contributed by atoms with Crippen LogP contribution in [-0.4, -0.2) is 44.6 Å². The van der Waals surface area contributed by atoms with Crippen molar-refractivity contribution in [3.05, 3.63) is 64.9 Å². The Morgan fingerprint density at radius 3 is 2.43 bits per heavy atom. The van der Waals surface area contributed by atoms with Gasteiger partial charge in [0.05, 0.1) is 6.42 Å². The molecule has 1 aromatic carbocycles. The van der Waals surface area contributed by atoms with Gasteiger partial charge in [0, 0.05) is 28.6 Å². The second-order valence-corrected chi connectivity index (χ2v) is 10.3. The number of phenolic OH excluding ortho intramolecular Hbond substituents is 1. The van der Waals surface area contributed by atoms with Crippen molar-refractivity contribution in [1.29, 1.82) is 0 Å². The summed E-state index contributed by atoms with van der Waals surface area (Å²) < 4.78 is 0. The number of aromatic nitrogens is 1. The summed E-state index contributed by atoms with van der Waals surface area (Å²) in [5, 5.41) is 22.6. The minimum absolute atomic E-state index is 0.0399. The molecule has 0 saturated carbocycles. The number of rotatable bonds is 14. The number of hydrogen-bond acceptors (Lipinski definition) is 4. The maximum absolute atomic E-state index is 12.5. The Labute approximate surface area is 212 Å². The monoisotopic (exact) mass is 498 g/mol. The van der Waals surface area contributed by atoms with E-state index in [-0.39, 0.29) is 18.1 Å². The van der Waals surface area contributed by atoms with Gasteiger partial charge in [-0.3, -0.25) is 4.79 Å². The van der Waals surface area contributed by atoms with Crippen LogP contribution in [0.3, 0.4) is 0 Å². The maximum Gasteiger partial charge on any atom is 0.327 e. The van der Waals surface area contributed by atoms with Crippen molar-refractivity contribution in [3.63, 3.8) is 0 Å². The Morgan fingerprint density at radius 2 is 1.74 bits per heavy atom. The number of H-pyrrole nitrogens is 1. The van der Waals surface area contributed by atoms with Gasteiger partial charge in [-0.2, -0.15) is 11.8 Å². The van der Waals surface area contributed by atoms with Crippen molar-refractivity contribution in [2.45, 2.75) is 65.8 Å². The molecule has 0 spiro atoms. The number of aliphatic carboxylic acids is 1. The van der Waals surface area contributed by atoms with Gasteiger partial charge in [0.15, 0.2) is 0 Å². The predicted octanol–water partition coefficient (Wildman–Crippen LogP) is 6.14. The molecule has 0 saturated heterocycles. The Bertz CT molecular complexity index is 1090. The third-order valence-electron chi connectivity index (χ3n) is 5.69. The van der Waals surface area contributed by atoms with Crippen molar-refractivity contribution in [2.75, 3.05) is 11.5 Å². The van der Waals surface area contributed by atoms with Crippen molar-refractivity contribution in [3.8, 4) is 5.75 Å². The van der Waals surface area contributed by atoms with E-state index in [1.54, 1.807) is 24.4 Å². The van der Waals surface area contributed by atoms with Crippen LogP contribution in [0, 0.1) is 0 Å². The maximum atomic E-state index is 12.5. The average Bonchev–Trinajstić information content (AvgIpc) is 3.17. The molecule has 1 amide bonds. The van der Waals surface area contributed by atoms with E-state index in [1.807, 2.05) is 0 Å². The van der Waals surface area contributed by atoms with Gasteiger partial charge in [-0.05, 0) is 77.1 Å². The molecule has 0 aliphatic heterocycles. The molecule has 0 aliphatic rings. The van der Waals surface area contributed by atoms with E-state index >= 15 is 0 Å². The molecule has 0 unspecified atom stereocenters. The number of fused-ring (bicyclic) bond motifs is 1. The standard InChI is InChI=1S/C28H38N2O4S/c1-19(2)7-5-8-20(3)9-6-10-21(4)13-14-35-18-26(28(33)34)30-27(32)15-22-17-29-25-12-11-23(31)16-24(22)25/h7,9,11-13,16-17,26,29,31H,5-6,8,10,14-15,18H2,1-4H3,(H,30,32)(H,33,34)/b20-9+,21-13+/t26-/m0/s1. The summed E-state index contributed by atoms with van der Waals surface area (Å²) in [6.07, 6.45) is 12.6. The van der Waals surface area contributed by atoms with Crippen LogP contribution in [0.1, 0.15) is 58.9 Å². The van der Waals surface area contributed by atoms with Crippen LogP contribution in [0.15, 0.2) is 59.3 Å². The molecule has 0 bridgehead atoms. The number of aromatic hydroxyl groups is 1. The van der Waals surface area contributed by atoms with Crippen LogP contribution >= 0.6 is 11.8 Å². The number of aromatic amines is 1. The summed E-state index contributed by atoms with van der Waals surface area (Å²) in [7, 11) is 0. The second-order valence-electron chi connectivity index (χ2n) is 9.18. The lowest BCUT2D eigenvalue weighted by Gasteiger charge is -2.14. The van der Waals surface area contributed by atoms with E-state index in [0.717, 1.165) is 36.6 Å². The van der Waals surface area contributed by atoms with E-state index in [1.165, 1.54) is 28.5 Å². The molecule has 0 radical (unpaired) electrons. The van der Waals surface area contributed by atoms with Gasteiger partial charge in [-0.15, -0.1) is 0 Å². The summed E-state index contributed by atoms with van der Waals surface area (Å²) in [5.41, 5.74) is 5.57. The Kier molecular flexibility index (Phi) is 11.7. The molecule has 7 heteroatoms. The molecule has 4 N–H and O–H groups in total. The molecule has 2 aromatic rings. The topological polar surface area (TPSA) is 102 Å². The highest BCUT2D eigenvalue weighted by Crippen LogP contribution is 2.23. The van der Waals surface area contributed by atoms with Gasteiger partial charge in [-0.25, -0.2) is 4.79 Å². The van der Waals surface area contributed by atoms with Crippen molar-refractivity contribution in [2.24, 2.45) is 0 Å². The zero-order valence-corrected chi connectivity index (χ0v) is 22.0. The van der Waals surface area contributed by atoms with Crippen LogP contribution in [0.4, 0.5) is 0 Å². The number of carboxylic acids is 1. The van der Waals surface area contributed by atoms with Crippen molar-refractivity contribution in [1.82, 2.24) is 10.3 Å². The fourth-order valence-electron chi connectivity index (χ4n) is 3.63. The van der Waals surface area contributed by atoms with Crippen molar-refractivity contribution < 1.29 is 19.8 Å². The summed E-state index contributed by atoms with van der Waals surface area (Å²) in [5.74, 6) is -0.288. The van der Waals surface area contributed by atoms with Crippen molar-refractivity contribution >= 4 is 34.5 Å². The van der Waals surface area contributed by atoms with Gasteiger partial charge >= 0.3 is 5.97 Å². The fourth-order valence-corrected chi connectivity index (χ4v) is 4.63. The average molecular weight is 499 g/mol. The Morgan fingerprint density at radius 1 is 1.06 bits per heavy atom. The van der Waals surface area contributed by atoms with Gasteiger partial charge in [0.1, 0.15) is 11.8 Å². The number of amides is 1. The van der Waals surface area contributed by atoms with Gasteiger partial charge in [-0.1, -0.05) is 34.9 Å². The normalized spacial score (nSPS) is 13.0. The van der Waals surface area contributed by atoms with Crippen LogP contribution in [0.25, 0.3) is 10.9 Å². The third kappa shape index (κ3) is 10.5. The van der Waals surface area contributed by atoms with E-state index in [2.05, 4.69) is 56.2 Å². The van der Waals surface area contributed by atoms with E-state index in [9.17, 15) is 19.8 Å². The highest BCUT2D eigenvalue weighted by atomic mass is 32.2. The van der Waals surface area contributed by atoms with Gasteiger partial charge < -0.3 is 20.5 Å². The summed E-state index contributed by atoms with van der Waals surface area (Å²) in [6, 6.07) is 3.95.